The Bertz CT molecular complexity index is 481. The molecule has 1 N–H and O–H groups in total. The lowest BCUT2D eigenvalue weighted by Gasteiger charge is -2.36. The number of carbonyl (C=O) groups is 1. The number of carboxylic acid groups (broad SMARTS) is 1. The van der Waals surface area contributed by atoms with E-state index < -0.39 is 11.8 Å². The van der Waals surface area contributed by atoms with Crippen LogP contribution in [0.3, 0.4) is 0 Å². The third-order valence-corrected chi connectivity index (χ3v) is 4.51. The van der Waals surface area contributed by atoms with Crippen LogP contribution in [0.1, 0.15) is 49.4 Å². The van der Waals surface area contributed by atoms with Crippen molar-refractivity contribution < 1.29 is 14.3 Å². The van der Waals surface area contributed by atoms with Crippen LogP contribution in [0.15, 0.2) is 18.2 Å². The number of aromatic carboxylic acids is 1. The van der Waals surface area contributed by atoms with Crippen LogP contribution in [0, 0.1) is 11.7 Å². The maximum Gasteiger partial charge on any atom is 0.337 e. The van der Waals surface area contributed by atoms with Gasteiger partial charge in [0.1, 0.15) is 5.82 Å². The molecule has 0 heterocycles. The second-order valence-corrected chi connectivity index (χ2v) is 5.63. The molecule has 1 saturated carbocycles. The fraction of sp³-hybridized carbons (Fsp3) is 0.562. The lowest BCUT2D eigenvalue weighted by atomic mass is 9.84. The zero-order chi connectivity index (χ0) is 14.7. The monoisotopic (exact) mass is 279 g/mol. The highest BCUT2D eigenvalue weighted by Gasteiger charge is 2.27. The minimum absolute atomic E-state index is 0.0464. The first-order chi connectivity index (χ1) is 9.54. The van der Waals surface area contributed by atoms with Crippen molar-refractivity contribution in [1.29, 1.82) is 0 Å². The van der Waals surface area contributed by atoms with E-state index in [4.69, 9.17) is 0 Å². The Morgan fingerprint density at radius 2 is 2.00 bits per heavy atom. The van der Waals surface area contributed by atoms with Gasteiger partial charge in [0.2, 0.25) is 0 Å². The number of rotatable bonds is 4. The Kier molecular flexibility index (Phi) is 4.63. The molecule has 1 aliphatic carbocycles. The van der Waals surface area contributed by atoms with Gasteiger partial charge in [-0.05, 0) is 43.7 Å². The fourth-order valence-electron chi connectivity index (χ4n) is 3.17. The van der Waals surface area contributed by atoms with E-state index in [-0.39, 0.29) is 17.3 Å². The first-order valence-electron chi connectivity index (χ1n) is 7.29. The van der Waals surface area contributed by atoms with Gasteiger partial charge in [-0.2, -0.15) is 0 Å². The van der Waals surface area contributed by atoms with E-state index in [2.05, 4.69) is 6.92 Å². The number of benzene rings is 1. The first kappa shape index (κ1) is 14.8. The van der Waals surface area contributed by atoms with Gasteiger partial charge in [-0.1, -0.05) is 19.4 Å². The Morgan fingerprint density at radius 1 is 1.35 bits per heavy atom. The van der Waals surface area contributed by atoms with Crippen LogP contribution in [0.25, 0.3) is 0 Å². The zero-order valence-electron chi connectivity index (χ0n) is 12.1. The number of anilines is 1. The Morgan fingerprint density at radius 3 is 2.55 bits per heavy atom. The largest absolute Gasteiger partial charge is 0.478 e. The minimum atomic E-state index is -1.08. The molecule has 4 heteroatoms. The molecular weight excluding hydrogens is 257 g/mol. The Hall–Kier alpha value is -1.58. The predicted molar refractivity (Wildman–Crippen MR) is 77.8 cm³/mol. The molecule has 0 radical (unpaired) electrons. The highest BCUT2D eigenvalue weighted by molar-refractivity contribution is 5.94. The summed E-state index contributed by atoms with van der Waals surface area (Å²) in [6, 6.07) is 4.47. The second kappa shape index (κ2) is 6.25. The number of hydrogen-bond acceptors (Lipinski definition) is 2. The first-order valence-corrected chi connectivity index (χ1v) is 7.29. The summed E-state index contributed by atoms with van der Waals surface area (Å²) < 4.78 is 14.1. The SMILES string of the molecule is CCC1CCC(N(C)c2c(F)cccc2C(=O)O)CC1. The molecule has 0 atom stereocenters. The van der Waals surface area contributed by atoms with Gasteiger partial charge >= 0.3 is 5.97 Å². The molecular formula is C16H22FNO2. The van der Waals surface area contributed by atoms with E-state index in [9.17, 15) is 14.3 Å². The molecule has 20 heavy (non-hydrogen) atoms. The van der Waals surface area contributed by atoms with Crippen LogP contribution < -0.4 is 4.90 Å². The van der Waals surface area contributed by atoms with Gasteiger partial charge in [0.25, 0.3) is 0 Å². The summed E-state index contributed by atoms with van der Waals surface area (Å²) in [6.45, 7) is 2.20. The van der Waals surface area contributed by atoms with Gasteiger partial charge in [0.15, 0.2) is 0 Å². The van der Waals surface area contributed by atoms with Gasteiger partial charge in [0.05, 0.1) is 11.3 Å². The van der Waals surface area contributed by atoms with Gasteiger partial charge in [-0.25, -0.2) is 9.18 Å². The van der Waals surface area contributed by atoms with Gasteiger partial charge in [-0.3, -0.25) is 0 Å². The van der Waals surface area contributed by atoms with Crippen molar-refractivity contribution in [2.24, 2.45) is 5.92 Å². The summed E-state index contributed by atoms with van der Waals surface area (Å²) in [5.74, 6) is -0.766. The summed E-state index contributed by atoms with van der Waals surface area (Å²) in [6.07, 6.45) is 5.48. The topological polar surface area (TPSA) is 40.5 Å². The summed E-state index contributed by atoms with van der Waals surface area (Å²) in [5, 5.41) is 9.22. The van der Waals surface area contributed by atoms with E-state index >= 15 is 0 Å². The summed E-state index contributed by atoms with van der Waals surface area (Å²) >= 11 is 0. The maximum absolute atomic E-state index is 14.1. The van der Waals surface area contributed by atoms with E-state index in [0.717, 1.165) is 31.6 Å². The lowest BCUT2D eigenvalue weighted by Crippen LogP contribution is -2.36. The lowest BCUT2D eigenvalue weighted by molar-refractivity contribution is 0.0697. The molecule has 110 valence electrons. The van der Waals surface area contributed by atoms with Crippen molar-refractivity contribution in [1.82, 2.24) is 0 Å². The maximum atomic E-state index is 14.1. The fourth-order valence-corrected chi connectivity index (χ4v) is 3.17. The van der Waals surface area contributed by atoms with Crippen LogP contribution >= 0.6 is 0 Å². The van der Waals surface area contributed by atoms with Gasteiger partial charge in [-0.15, -0.1) is 0 Å². The Labute approximate surface area is 119 Å². The van der Waals surface area contributed by atoms with Crippen molar-refractivity contribution in [3.63, 3.8) is 0 Å². The number of para-hydroxylation sites is 1. The quantitative estimate of drug-likeness (QED) is 0.907. The highest BCUT2D eigenvalue weighted by Crippen LogP contribution is 2.33. The van der Waals surface area contributed by atoms with Crippen LogP contribution in [-0.2, 0) is 0 Å². The molecule has 3 nitrogen and oxygen atoms in total. The van der Waals surface area contributed by atoms with Crippen molar-refractivity contribution in [3.05, 3.63) is 29.6 Å². The van der Waals surface area contributed by atoms with Crippen LogP contribution in [0.4, 0.5) is 10.1 Å². The van der Waals surface area contributed by atoms with Crippen LogP contribution in [0.5, 0.6) is 0 Å². The molecule has 1 fully saturated rings. The van der Waals surface area contributed by atoms with Crippen molar-refractivity contribution in [2.75, 3.05) is 11.9 Å². The third-order valence-electron chi connectivity index (χ3n) is 4.51. The van der Waals surface area contributed by atoms with Crippen LogP contribution in [0.2, 0.25) is 0 Å². The van der Waals surface area contributed by atoms with Crippen molar-refractivity contribution in [2.45, 2.75) is 45.1 Å². The van der Waals surface area contributed by atoms with E-state index in [1.807, 2.05) is 11.9 Å². The minimum Gasteiger partial charge on any atom is -0.478 e. The zero-order valence-corrected chi connectivity index (χ0v) is 12.1. The molecule has 0 saturated heterocycles. The van der Waals surface area contributed by atoms with E-state index in [0.29, 0.717) is 0 Å². The molecule has 0 unspecified atom stereocenters. The van der Waals surface area contributed by atoms with Crippen molar-refractivity contribution >= 4 is 11.7 Å². The summed E-state index contributed by atoms with van der Waals surface area (Å²) in [7, 11) is 1.81. The average molecular weight is 279 g/mol. The molecule has 0 spiro atoms. The molecule has 1 aromatic rings. The number of hydrogen-bond donors (Lipinski definition) is 1. The molecule has 2 rings (SSSR count). The summed E-state index contributed by atoms with van der Waals surface area (Å²) in [5.41, 5.74) is 0.269. The number of halogens is 1. The molecule has 0 aliphatic heterocycles. The average Bonchev–Trinajstić information content (AvgIpc) is 2.46. The second-order valence-electron chi connectivity index (χ2n) is 5.63. The third kappa shape index (κ3) is 2.94. The molecule has 1 aromatic carbocycles. The smallest absolute Gasteiger partial charge is 0.337 e. The predicted octanol–water partition coefficient (Wildman–Crippen LogP) is 3.93. The summed E-state index contributed by atoms with van der Waals surface area (Å²) in [4.78, 5) is 13.1. The molecule has 0 amide bonds. The van der Waals surface area contributed by atoms with Crippen molar-refractivity contribution in [3.8, 4) is 0 Å². The Balaban J connectivity index is 2.21. The molecule has 1 aliphatic rings. The van der Waals surface area contributed by atoms with Gasteiger partial charge < -0.3 is 10.0 Å². The van der Waals surface area contributed by atoms with E-state index in [1.165, 1.54) is 24.6 Å². The van der Waals surface area contributed by atoms with Gasteiger partial charge in [0, 0.05) is 13.1 Å². The highest BCUT2D eigenvalue weighted by atomic mass is 19.1. The number of nitrogens with zero attached hydrogens (tertiary/aromatic N) is 1. The molecule has 0 aromatic heterocycles. The number of carboxylic acids is 1. The normalized spacial score (nSPS) is 22.6. The molecule has 0 bridgehead atoms. The van der Waals surface area contributed by atoms with Crippen LogP contribution in [-0.4, -0.2) is 24.2 Å². The standard InChI is InChI=1S/C16H22FNO2/c1-3-11-7-9-12(10-8-11)18(2)15-13(16(19)20)5-4-6-14(15)17/h4-6,11-12H,3,7-10H2,1-2H3,(H,19,20). The van der Waals surface area contributed by atoms with E-state index in [1.54, 1.807) is 0 Å².